The molecule has 0 aromatic carbocycles. The molecule has 1 aliphatic heterocycles. The van der Waals surface area contributed by atoms with Crippen LogP contribution < -0.4 is 0 Å². The first-order valence-corrected chi connectivity index (χ1v) is 7.52. The average Bonchev–Trinajstić information content (AvgIpc) is 2.78. The molecule has 1 saturated heterocycles. The van der Waals surface area contributed by atoms with Crippen molar-refractivity contribution in [1.29, 1.82) is 0 Å². The largest absolute Gasteiger partial charge is 0.394 e. The summed E-state index contributed by atoms with van der Waals surface area (Å²) in [5, 5.41) is 28.4. The van der Waals surface area contributed by atoms with Crippen molar-refractivity contribution >= 4 is 0 Å². The van der Waals surface area contributed by atoms with Gasteiger partial charge in [-0.1, -0.05) is 25.0 Å². The van der Waals surface area contributed by atoms with Crippen molar-refractivity contribution in [3.63, 3.8) is 0 Å². The highest BCUT2D eigenvalue weighted by atomic mass is 16.6. The SMILES string of the molecule is C/C=C/CCCCCCO[C@H](CO)[C@H]1OC[C@H](O)[C@H]1O. The third kappa shape index (κ3) is 5.89. The quantitative estimate of drug-likeness (QED) is 0.413. The van der Waals surface area contributed by atoms with Gasteiger partial charge in [-0.15, -0.1) is 0 Å². The van der Waals surface area contributed by atoms with Gasteiger partial charge in [-0.25, -0.2) is 0 Å². The van der Waals surface area contributed by atoms with Gasteiger partial charge in [0.25, 0.3) is 0 Å². The van der Waals surface area contributed by atoms with Gasteiger partial charge in [0.05, 0.1) is 13.2 Å². The molecule has 0 aromatic rings. The fourth-order valence-corrected chi connectivity index (χ4v) is 2.32. The van der Waals surface area contributed by atoms with E-state index in [-0.39, 0.29) is 13.2 Å². The molecule has 0 radical (unpaired) electrons. The standard InChI is InChI=1S/C15H28O5/c1-2-3-4-5-6-7-8-9-19-13(10-16)15-14(18)12(17)11-20-15/h2-3,12-18H,4-11H2,1H3/b3-2+/t12-,13+,14+,15+/m0/s1. The molecule has 0 spiro atoms. The van der Waals surface area contributed by atoms with Gasteiger partial charge in [-0.2, -0.15) is 0 Å². The lowest BCUT2D eigenvalue weighted by Crippen LogP contribution is -2.42. The van der Waals surface area contributed by atoms with Crippen molar-refractivity contribution < 1.29 is 24.8 Å². The molecule has 0 aromatic heterocycles. The summed E-state index contributed by atoms with van der Waals surface area (Å²) in [5.74, 6) is 0. The highest BCUT2D eigenvalue weighted by molar-refractivity contribution is 4.88. The maximum absolute atomic E-state index is 9.71. The van der Waals surface area contributed by atoms with Gasteiger partial charge in [0.1, 0.15) is 24.4 Å². The van der Waals surface area contributed by atoms with Crippen molar-refractivity contribution in [2.24, 2.45) is 0 Å². The van der Waals surface area contributed by atoms with Gasteiger partial charge >= 0.3 is 0 Å². The topological polar surface area (TPSA) is 79.2 Å². The lowest BCUT2D eigenvalue weighted by Gasteiger charge is -2.24. The van der Waals surface area contributed by atoms with Crippen LogP contribution in [0.2, 0.25) is 0 Å². The van der Waals surface area contributed by atoms with Gasteiger partial charge in [0, 0.05) is 6.61 Å². The molecule has 3 N–H and O–H groups in total. The third-order valence-corrected chi connectivity index (χ3v) is 3.57. The van der Waals surface area contributed by atoms with E-state index < -0.39 is 24.4 Å². The van der Waals surface area contributed by atoms with E-state index in [2.05, 4.69) is 12.2 Å². The number of ether oxygens (including phenoxy) is 2. The van der Waals surface area contributed by atoms with Crippen molar-refractivity contribution in [2.75, 3.05) is 19.8 Å². The van der Waals surface area contributed by atoms with Crippen LogP contribution in [0.3, 0.4) is 0 Å². The first-order chi connectivity index (χ1) is 9.70. The monoisotopic (exact) mass is 288 g/mol. The number of hydrogen-bond acceptors (Lipinski definition) is 5. The zero-order valence-corrected chi connectivity index (χ0v) is 12.3. The number of hydrogen-bond donors (Lipinski definition) is 3. The summed E-state index contributed by atoms with van der Waals surface area (Å²) >= 11 is 0. The van der Waals surface area contributed by atoms with E-state index in [9.17, 15) is 15.3 Å². The van der Waals surface area contributed by atoms with Crippen LogP contribution in [0.25, 0.3) is 0 Å². The molecule has 1 rings (SSSR count). The highest BCUT2D eigenvalue weighted by Gasteiger charge is 2.40. The fourth-order valence-electron chi connectivity index (χ4n) is 2.32. The molecule has 1 heterocycles. The summed E-state index contributed by atoms with van der Waals surface area (Å²) in [5.41, 5.74) is 0. The summed E-state index contributed by atoms with van der Waals surface area (Å²) in [7, 11) is 0. The number of aliphatic hydroxyl groups excluding tert-OH is 3. The Morgan fingerprint density at radius 2 is 2.00 bits per heavy atom. The van der Waals surface area contributed by atoms with Crippen LogP contribution in [-0.2, 0) is 9.47 Å². The average molecular weight is 288 g/mol. The first-order valence-electron chi connectivity index (χ1n) is 7.52. The van der Waals surface area contributed by atoms with E-state index in [4.69, 9.17) is 9.47 Å². The second kappa shape index (κ2) is 10.3. The van der Waals surface area contributed by atoms with E-state index in [0.717, 1.165) is 19.3 Å². The van der Waals surface area contributed by atoms with Crippen LogP contribution in [0, 0.1) is 0 Å². The zero-order chi connectivity index (χ0) is 14.8. The number of aliphatic hydroxyl groups is 3. The Bertz CT molecular complexity index is 269. The molecule has 4 atom stereocenters. The van der Waals surface area contributed by atoms with Crippen molar-refractivity contribution in [3.8, 4) is 0 Å². The normalized spacial score (nSPS) is 28.3. The maximum Gasteiger partial charge on any atom is 0.114 e. The van der Waals surface area contributed by atoms with Gasteiger partial charge in [-0.05, 0) is 26.2 Å². The van der Waals surface area contributed by atoms with Crippen LogP contribution >= 0.6 is 0 Å². The number of unbranched alkanes of at least 4 members (excludes halogenated alkanes) is 4. The highest BCUT2D eigenvalue weighted by Crippen LogP contribution is 2.19. The van der Waals surface area contributed by atoms with Gasteiger partial charge < -0.3 is 24.8 Å². The maximum atomic E-state index is 9.71. The van der Waals surface area contributed by atoms with Crippen LogP contribution in [-0.4, -0.2) is 59.6 Å². The van der Waals surface area contributed by atoms with Gasteiger partial charge in [0.2, 0.25) is 0 Å². The predicted octanol–water partition coefficient (Wildman–Crippen LogP) is 1.01. The molecule has 1 fully saturated rings. The molecule has 0 amide bonds. The minimum Gasteiger partial charge on any atom is -0.394 e. The predicted molar refractivity (Wildman–Crippen MR) is 76.5 cm³/mol. The molecule has 118 valence electrons. The van der Waals surface area contributed by atoms with Gasteiger partial charge in [-0.3, -0.25) is 0 Å². The second-order valence-corrected chi connectivity index (χ2v) is 5.22. The van der Waals surface area contributed by atoms with Crippen molar-refractivity contribution in [1.82, 2.24) is 0 Å². The van der Waals surface area contributed by atoms with Gasteiger partial charge in [0.15, 0.2) is 0 Å². The number of rotatable bonds is 10. The Morgan fingerprint density at radius 3 is 2.60 bits per heavy atom. The number of allylic oxidation sites excluding steroid dienone is 2. The zero-order valence-electron chi connectivity index (χ0n) is 12.3. The Kier molecular flexibility index (Phi) is 9.05. The molecule has 5 heteroatoms. The summed E-state index contributed by atoms with van der Waals surface area (Å²) in [6, 6.07) is 0. The minimum atomic E-state index is -0.979. The van der Waals surface area contributed by atoms with Crippen LogP contribution in [0.1, 0.15) is 39.0 Å². The lowest BCUT2D eigenvalue weighted by atomic mass is 10.1. The minimum absolute atomic E-state index is 0.0939. The Hall–Kier alpha value is -0.460. The molecule has 0 saturated carbocycles. The van der Waals surface area contributed by atoms with Crippen molar-refractivity contribution in [3.05, 3.63) is 12.2 Å². The first kappa shape index (κ1) is 17.6. The van der Waals surface area contributed by atoms with E-state index in [1.165, 1.54) is 12.8 Å². The fraction of sp³-hybridized carbons (Fsp3) is 0.867. The molecule has 5 nitrogen and oxygen atoms in total. The summed E-state index contributed by atoms with van der Waals surface area (Å²) in [6.45, 7) is 2.45. The third-order valence-electron chi connectivity index (χ3n) is 3.57. The molecule has 1 aliphatic rings. The molecular weight excluding hydrogens is 260 g/mol. The van der Waals surface area contributed by atoms with Crippen molar-refractivity contribution in [2.45, 2.75) is 63.4 Å². The van der Waals surface area contributed by atoms with Crippen LogP contribution in [0.5, 0.6) is 0 Å². The Balaban J connectivity index is 2.10. The summed E-state index contributed by atoms with van der Waals surface area (Å²) < 4.78 is 10.8. The molecule has 0 bridgehead atoms. The Morgan fingerprint density at radius 1 is 1.25 bits per heavy atom. The molecule has 0 aliphatic carbocycles. The van der Waals surface area contributed by atoms with E-state index in [1.807, 2.05) is 6.92 Å². The lowest BCUT2D eigenvalue weighted by molar-refractivity contribution is -0.101. The summed E-state index contributed by atoms with van der Waals surface area (Å²) in [4.78, 5) is 0. The second-order valence-electron chi connectivity index (χ2n) is 5.22. The van der Waals surface area contributed by atoms with E-state index in [0.29, 0.717) is 6.61 Å². The molecule has 0 unspecified atom stereocenters. The van der Waals surface area contributed by atoms with E-state index >= 15 is 0 Å². The molecular formula is C15H28O5. The smallest absolute Gasteiger partial charge is 0.114 e. The van der Waals surface area contributed by atoms with Crippen LogP contribution in [0.4, 0.5) is 0 Å². The summed E-state index contributed by atoms with van der Waals surface area (Å²) in [6.07, 6.45) is 6.66. The molecule has 20 heavy (non-hydrogen) atoms. The Labute approximate surface area is 121 Å². The van der Waals surface area contributed by atoms with E-state index in [1.54, 1.807) is 0 Å². The van der Waals surface area contributed by atoms with Crippen LogP contribution in [0.15, 0.2) is 12.2 Å².